The van der Waals surface area contributed by atoms with E-state index in [-0.39, 0.29) is 6.61 Å². The average molecular weight is 277 g/mol. The number of hydrogen-bond donors (Lipinski definition) is 2. The van der Waals surface area contributed by atoms with E-state index in [1.807, 2.05) is 17.7 Å². The van der Waals surface area contributed by atoms with Crippen molar-refractivity contribution in [1.82, 2.24) is 9.55 Å². The van der Waals surface area contributed by atoms with Gasteiger partial charge in [0, 0.05) is 30.4 Å². The second-order valence-electron chi connectivity index (χ2n) is 5.61. The molecule has 0 spiro atoms. The number of anilines is 1. The van der Waals surface area contributed by atoms with Crippen molar-refractivity contribution >= 4 is 22.8 Å². The van der Waals surface area contributed by atoms with Crippen molar-refractivity contribution < 1.29 is 14.6 Å². The van der Waals surface area contributed by atoms with Gasteiger partial charge in [-0.1, -0.05) is 0 Å². The Bertz CT molecular complexity index is 641. The van der Waals surface area contributed by atoms with Crippen LogP contribution >= 0.6 is 0 Å². The Balaban J connectivity index is 2.24. The van der Waals surface area contributed by atoms with Crippen LogP contribution in [0.3, 0.4) is 0 Å². The first kappa shape index (κ1) is 14.3. The molecule has 0 aliphatic rings. The average Bonchev–Trinajstić information content (AvgIpc) is 2.64. The van der Waals surface area contributed by atoms with E-state index >= 15 is 0 Å². The molecule has 0 aliphatic carbocycles. The van der Waals surface area contributed by atoms with Crippen LogP contribution in [0.25, 0.3) is 10.9 Å². The molecule has 0 saturated heterocycles. The lowest BCUT2D eigenvalue weighted by atomic mass is 10.2. The molecular formula is C14H19N3O3. The highest BCUT2D eigenvalue weighted by Gasteiger charge is 2.17. The number of carbonyl (C=O) groups is 1. The van der Waals surface area contributed by atoms with Crippen molar-refractivity contribution in [3.05, 3.63) is 24.0 Å². The maximum atomic E-state index is 11.7. The number of nitrogens with zero attached hydrogens (tertiary/aromatic N) is 2. The summed E-state index contributed by atoms with van der Waals surface area (Å²) in [6.07, 6.45) is 1.11. The number of aliphatic hydroxyl groups excluding tert-OH is 1. The Kier molecular flexibility index (Phi) is 3.67. The van der Waals surface area contributed by atoms with Gasteiger partial charge in [0.25, 0.3) is 0 Å². The van der Waals surface area contributed by atoms with Crippen molar-refractivity contribution in [1.29, 1.82) is 0 Å². The molecule has 0 unspecified atom stereocenters. The fourth-order valence-corrected chi connectivity index (χ4v) is 1.92. The SMILES string of the molecule is Cn1c(CO)cc2cnc(NC(=O)OC(C)(C)C)cc21. The summed E-state index contributed by atoms with van der Waals surface area (Å²) < 4.78 is 7.03. The van der Waals surface area contributed by atoms with Crippen LogP contribution in [0.5, 0.6) is 0 Å². The van der Waals surface area contributed by atoms with Gasteiger partial charge in [-0.15, -0.1) is 0 Å². The number of rotatable bonds is 2. The lowest BCUT2D eigenvalue weighted by Gasteiger charge is -2.19. The van der Waals surface area contributed by atoms with Gasteiger partial charge in [0.2, 0.25) is 0 Å². The molecule has 6 heteroatoms. The highest BCUT2D eigenvalue weighted by atomic mass is 16.6. The fourth-order valence-electron chi connectivity index (χ4n) is 1.92. The summed E-state index contributed by atoms with van der Waals surface area (Å²) in [4.78, 5) is 15.8. The number of aliphatic hydroxyl groups is 1. The Morgan fingerprint density at radius 1 is 1.45 bits per heavy atom. The van der Waals surface area contributed by atoms with E-state index < -0.39 is 11.7 Å². The maximum Gasteiger partial charge on any atom is 0.413 e. The minimum absolute atomic E-state index is 0.0417. The largest absolute Gasteiger partial charge is 0.444 e. The molecule has 1 amide bonds. The summed E-state index contributed by atoms with van der Waals surface area (Å²) in [5.74, 6) is 0.414. The molecule has 2 heterocycles. The number of hydrogen-bond acceptors (Lipinski definition) is 4. The van der Waals surface area contributed by atoms with Crippen LogP contribution in [0.15, 0.2) is 18.3 Å². The van der Waals surface area contributed by atoms with Crippen LogP contribution in [-0.4, -0.2) is 26.4 Å². The first-order valence-electron chi connectivity index (χ1n) is 6.35. The van der Waals surface area contributed by atoms with Gasteiger partial charge in [0.1, 0.15) is 11.4 Å². The van der Waals surface area contributed by atoms with Crippen LogP contribution in [-0.2, 0) is 18.4 Å². The van der Waals surface area contributed by atoms with Gasteiger partial charge in [0.15, 0.2) is 0 Å². The van der Waals surface area contributed by atoms with E-state index in [4.69, 9.17) is 4.74 Å². The van der Waals surface area contributed by atoms with E-state index in [0.29, 0.717) is 5.82 Å². The molecule has 0 fully saturated rings. The van der Waals surface area contributed by atoms with E-state index in [9.17, 15) is 9.90 Å². The zero-order valence-corrected chi connectivity index (χ0v) is 12.1. The van der Waals surface area contributed by atoms with E-state index in [0.717, 1.165) is 16.6 Å². The summed E-state index contributed by atoms with van der Waals surface area (Å²) in [6, 6.07) is 3.61. The molecule has 6 nitrogen and oxygen atoms in total. The predicted molar refractivity (Wildman–Crippen MR) is 76.5 cm³/mol. The highest BCUT2D eigenvalue weighted by Crippen LogP contribution is 2.21. The number of aryl methyl sites for hydroxylation is 1. The minimum Gasteiger partial charge on any atom is -0.444 e. The third-order valence-electron chi connectivity index (χ3n) is 2.82. The van der Waals surface area contributed by atoms with E-state index in [1.54, 1.807) is 33.0 Å². The van der Waals surface area contributed by atoms with Crippen LogP contribution in [0.4, 0.5) is 10.6 Å². The predicted octanol–water partition coefficient (Wildman–Crippen LogP) is 2.41. The van der Waals surface area contributed by atoms with Crippen molar-refractivity contribution in [3.63, 3.8) is 0 Å². The van der Waals surface area contributed by atoms with Crippen molar-refractivity contribution in [3.8, 4) is 0 Å². The zero-order chi connectivity index (χ0) is 14.9. The number of pyridine rings is 1. The maximum absolute atomic E-state index is 11.7. The number of ether oxygens (including phenoxy) is 1. The van der Waals surface area contributed by atoms with E-state index in [2.05, 4.69) is 10.3 Å². The molecule has 2 aromatic heterocycles. The van der Waals surface area contributed by atoms with Gasteiger partial charge in [-0.25, -0.2) is 9.78 Å². The number of carbonyl (C=O) groups excluding carboxylic acids is 1. The quantitative estimate of drug-likeness (QED) is 0.883. The lowest BCUT2D eigenvalue weighted by molar-refractivity contribution is 0.0635. The van der Waals surface area contributed by atoms with Crippen molar-refractivity contribution in [2.24, 2.45) is 7.05 Å². The van der Waals surface area contributed by atoms with Gasteiger partial charge in [-0.05, 0) is 26.8 Å². The fraction of sp³-hybridized carbons (Fsp3) is 0.429. The Labute approximate surface area is 117 Å². The first-order valence-corrected chi connectivity index (χ1v) is 6.35. The number of aromatic nitrogens is 2. The molecule has 0 atom stereocenters. The van der Waals surface area contributed by atoms with Crippen molar-refractivity contribution in [2.45, 2.75) is 33.0 Å². The zero-order valence-electron chi connectivity index (χ0n) is 12.1. The summed E-state index contributed by atoms with van der Waals surface area (Å²) in [5.41, 5.74) is 1.12. The van der Waals surface area contributed by atoms with Crippen LogP contribution in [0.1, 0.15) is 26.5 Å². The summed E-state index contributed by atoms with van der Waals surface area (Å²) in [5, 5.41) is 12.7. The molecule has 108 valence electrons. The molecular weight excluding hydrogens is 258 g/mol. The van der Waals surface area contributed by atoms with Gasteiger partial charge in [-0.3, -0.25) is 5.32 Å². The highest BCUT2D eigenvalue weighted by molar-refractivity contribution is 5.88. The Hall–Kier alpha value is -2.08. The monoisotopic (exact) mass is 277 g/mol. The molecule has 2 rings (SSSR count). The standard InChI is InChI=1S/C14H19N3O3/c1-14(2,3)20-13(19)16-12-6-11-9(7-15-12)5-10(8-18)17(11)4/h5-7,18H,8H2,1-4H3,(H,15,16,19). The van der Waals surface area contributed by atoms with Gasteiger partial charge in [-0.2, -0.15) is 0 Å². The number of fused-ring (bicyclic) bond motifs is 1. The van der Waals surface area contributed by atoms with Gasteiger partial charge >= 0.3 is 6.09 Å². The van der Waals surface area contributed by atoms with Crippen molar-refractivity contribution in [2.75, 3.05) is 5.32 Å². The third-order valence-corrected chi connectivity index (χ3v) is 2.82. The van der Waals surface area contributed by atoms with E-state index in [1.165, 1.54) is 0 Å². The first-order chi connectivity index (χ1) is 9.30. The molecule has 2 aromatic rings. The normalized spacial score (nSPS) is 11.7. The van der Waals surface area contributed by atoms with Gasteiger partial charge in [0.05, 0.1) is 12.1 Å². The number of nitrogens with one attached hydrogen (secondary N) is 1. The second-order valence-corrected chi connectivity index (χ2v) is 5.61. The summed E-state index contributed by atoms with van der Waals surface area (Å²) in [7, 11) is 1.85. The summed E-state index contributed by atoms with van der Waals surface area (Å²) >= 11 is 0. The second kappa shape index (κ2) is 5.13. The Morgan fingerprint density at radius 3 is 2.75 bits per heavy atom. The van der Waals surface area contributed by atoms with Crippen LogP contribution in [0.2, 0.25) is 0 Å². The summed E-state index contributed by atoms with van der Waals surface area (Å²) in [6.45, 7) is 5.36. The molecule has 0 saturated carbocycles. The molecule has 0 aliphatic heterocycles. The minimum atomic E-state index is -0.552. The lowest BCUT2D eigenvalue weighted by Crippen LogP contribution is -2.27. The molecule has 20 heavy (non-hydrogen) atoms. The Morgan fingerprint density at radius 2 is 2.15 bits per heavy atom. The third kappa shape index (κ3) is 3.08. The van der Waals surface area contributed by atoms with Crippen LogP contribution < -0.4 is 5.32 Å². The number of amides is 1. The van der Waals surface area contributed by atoms with Crippen LogP contribution in [0, 0.1) is 0 Å². The smallest absolute Gasteiger partial charge is 0.413 e. The molecule has 2 N–H and O–H groups in total. The van der Waals surface area contributed by atoms with Gasteiger partial charge < -0.3 is 14.4 Å². The topological polar surface area (TPSA) is 76.4 Å². The molecule has 0 aromatic carbocycles. The molecule has 0 bridgehead atoms. The molecule has 0 radical (unpaired) electrons.